The molecule has 2 nitrogen and oxygen atoms in total. The van der Waals surface area contributed by atoms with Crippen LogP contribution in [0.3, 0.4) is 0 Å². The van der Waals surface area contributed by atoms with Crippen LogP contribution in [0.2, 0.25) is 0 Å². The maximum atomic E-state index is 4.21. The summed E-state index contributed by atoms with van der Waals surface area (Å²) >= 11 is 0. The van der Waals surface area contributed by atoms with Crippen LogP contribution < -0.4 is 10.6 Å². The van der Waals surface area contributed by atoms with Crippen LogP contribution in [0, 0.1) is 0 Å². The third-order valence-electron chi connectivity index (χ3n) is 2.29. The van der Waals surface area contributed by atoms with Gasteiger partial charge in [0, 0.05) is 11.4 Å². The van der Waals surface area contributed by atoms with Crippen molar-refractivity contribution in [2.24, 2.45) is 0 Å². The van der Waals surface area contributed by atoms with Gasteiger partial charge in [-0.1, -0.05) is 24.6 Å². The van der Waals surface area contributed by atoms with Crippen molar-refractivity contribution >= 4 is 12.2 Å². The van der Waals surface area contributed by atoms with E-state index in [4.69, 9.17) is 0 Å². The van der Waals surface area contributed by atoms with Crippen LogP contribution in [0.5, 0.6) is 0 Å². The molecule has 0 fully saturated rings. The number of aromatic nitrogens is 2. The van der Waals surface area contributed by atoms with E-state index >= 15 is 0 Å². The van der Waals surface area contributed by atoms with Crippen LogP contribution in [0.25, 0.3) is 12.2 Å². The van der Waals surface area contributed by atoms with Crippen LogP contribution in [-0.4, -0.2) is 9.97 Å². The highest BCUT2D eigenvalue weighted by atomic mass is 14.8. The fourth-order valence-corrected chi connectivity index (χ4v) is 1.41. The fraction of sp³-hybridized carbons (Fsp3) is 0.273. The van der Waals surface area contributed by atoms with Crippen molar-refractivity contribution in [3.63, 3.8) is 0 Å². The zero-order chi connectivity index (χ0) is 9.10. The Morgan fingerprint density at radius 2 is 2.31 bits per heavy atom. The molecule has 0 radical (unpaired) electrons. The number of rotatable bonds is 1. The lowest BCUT2D eigenvalue weighted by Gasteiger charge is -1.94. The number of fused-ring (bicyclic) bond motifs is 1. The third kappa shape index (κ3) is 1.66. The van der Waals surface area contributed by atoms with Crippen molar-refractivity contribution in [2.45, 2.75) is 19.8 Å². The normalized spacial score (nSPS) is 14.7. The molecule has 0 unspecified atom stereocenters. The third-order valence-corrected chi connectivity index (χ3v) is 2.29. The average molecular weight is 172 g/mol. The van der Waals surface area contributed by atoms with Gasteiger partial charge in [0.05, 0.1) is 5.35 Å². The molecule has 0 aliphatic heterocycles. The van der Waals surface area contributed by atoms with Crippen molar-refractivity contribution < 1.29 is 0 Å². The fourth-order valence-electron chi connectivity index (χ4n) is 1.41. The second kappa shape index (κ2) is 3.52. The molecule has 0 spiro atoms. The Kier molecular flexibility index (Phi) is 2.21. The summed E-state index contributed by atoms with van der Waals surface area (Å²) in [6.07, 6.45) is 12.0. The lowest BCUT2D eigenvalue weighted by Crippen LogP contribution is -2.27. The van der Waals surface area contributed by atoms with Gasteiger partial charge in [-0.3, -0.25) is 0 Å². The molecule has 0 amide bonds. The molecule has 0 atom stereocenters. The van der Waals surface area contributed by atoms with Gasteiger partial charge in [-0.2, -0.15) is 0 Å². The summed E-state index contributed by atoms with van der Waals surface area (Å²) in [6.45, 7) is 2.18. The first-order valence-electron chi connectivity index (χ1n) is 4.56. The molecule has 0 aromatic carbocycles. The van der Waals surface area contributed by atoms with Crippen molar-refractivity contribution in [2.75, 3.05) is 0 Å². The lowest BCUT2D eigenvalue weighted by atomic mass is 10.1. The van der Waals surface area contributed by atoms with Crippen LogP contribution in [0.1, 0.15) is 19.8 Å². The van der Waals surface area contributed by atoms with E-state index in [1.54, 1.807) is 6.33 Å². The van der Waals surface area contributed by atoms with Gasteiger partial charge in [0.25, 0.3) is 0 Å². The Hall–Kier alpha value is -1.44. The number of nitrogens with zero attached hydrogens (tertiary/aromatic N) is 2. The first-order chi connectivity index (χ1) is 6.40. The molecule has 1 aromatic rings. The summed E-state index contributed by atoms with van der Waals surface area (Å²) in [5.41, 5.74) is 1.44. The maximum absolute atomic E-state index is 4.21. The minimum absolute atomic E-state index is 1.02. The molecule has 0 saturated carbocycles. The Bertz CT molecular complexity index is 443. The van der Waals surface area contributed by atoms with Gasteiger partial charge in [-0.15, -0.1) is 0 Å². The second-order valence-electron chi connectivity index (χ2n) is 3.12. The molecule has 1 aliphatic carbocycles. The minimum Gasteiger partial charge on any atom is -0.244 e. The Balaban J connectivity index is 2.58. The molecule has 13 heavy (non-hydrogen) atoms. The maximum Gasteiger partial charge on any atom is 0.116 e. The van der Waals surface area contributed by atoms with Gasteiger partial charge < -0.3 is 0 Å². The van der Waals surface area contributed by atoms with Crippen LogP contribution in [0.15, 0.2) is 24.2 Å². The van der Waals surface area contributed by atoms with E-state index in [9.17, 15) is 0 Å². The van der Waals surface area contributed by atoms with Gasteiger partial charge in [-0.05, 0) is 18.9 Å². The minimum atomic E-state index is 1.02. The predicted molar refractivity (Wildman–Crippen MR) is 53.2 cm³/mol. The summed E-state index contributed by atoms with van der Waals surface area (Å²) in [6, 6.07) is 0. The van der Waals surface area contributed by atoms with E-state index in [-0.39, 0.29) is 0 Å². The lowest BCUT2D eigenvalue weighted by molar-refractivity contribution is 1.05. The first kappa shape index (κ1) is 8.17. The SMILES string of the molecule is CCC1=CC=c2ncncc2=CC1. The number of hydrogen-bond acceptors (Lipinski definition) is 2. The van der Waals surface area contributed by atoms with Gasteiger partial charge in [0.15, 0.2) is 0 Å². The molecule has 0 saturated heterocycles. The molecule has 2 heteroatoms. The Morgan fingerprint density at radius 3 is 3.15 bits per heavy atom. The van der Waals surface area contributed by atoms with Crippen molar-refractivity contribution in [3.8, 4) is 0 Å². The smallest absolute Gasteiger partial charge is 0.116 e. The van der Waals surface area contributed by atoms with Crippen molar-refractivity contribution in [1.82, 2.24) is 9.97 Å². The molecule has 0 bridgehead atoms. The van der Waals surface area contributed by atoms with E-state index in [1.165, 1.54) is 5.57 Å². The van der Waals surface area contributed by atoms with E-state index < -0.39 is 0 Å². The Labute approximate surface area is 77.4 Å². The molecule has 1 heterocycles. The standard InChI is InChI=1S/C11H12N2/c1-2-9-3-5-10-7-12-8-13-11(10)6-4-9/h4-8H,2-3H2,1H3. The zero-order valence-corrected chi connectivity index (χ0v) is 7.70. The van der Waals surface area contributed by atoms with E-state index in [0.29, 0.717) is 0 Å². The van der Waals surface area contributed by atoms with Gasteiger partial charge in [0.2, 0.25) is 0 Å². The van der Waals surface area contributed by atoms with E-state index in [1.807, 2.05) is 6.20 Å². The number of allylic oxidation sites excluding steroid dienone is 2. The van der Waals surface area contributed by atoms with Crippen LogP contribution >= 0.6 is 0 Å². The highest BCUT2D eigenvalue weighted by Crippen LogP contribution is 2.07. The molecule has 1 aromatic heterocycles. The average Bonchev–Trinajstić information content (AvgIpc) is 2.39. The molecular weight excluding hydrogens is 160 g/mol. The van der Waals surface area contributed by atoms with Gasteiger partial charge in [0.1, 0.15) is 6.33 Å². The summed E-state index contributed by atoms with van der Waals surface area (Å²) in [7, 11) is 0. The first-order valence-corrected chi connectivity index (χ1v) is 4.56. The molecular formula is C11H12N2. The van der Waals surface area contributed by atoms with Crippen LogP contribution in [-0.2, 0) is 0 Å². The summed E-state index contributed by atoms with van der Waals surface area (Å²) < 4.78 is 0. The molecule has 1 aliphatic rings. The second-order valence-corrected chi connectivity index (χ2v) is 3.12. The van der Waals surface area contributed by atoms with Crippen molar-refractivity contribution in [3.05, 3.63) is 34.7 Å². The predicted octanol–water partition coefficient (Wildman–Crippen LogP) is 0.778. The summed E-state index contributed by atoms with van der Waals surface area (Å²) in [4.78, 5) is 8.21. The zero-order valence-electron chi connectivity index (χ0n) is 7.70. The highest BCUT2D eigenvalue weighted by molar-refractivity contribution is 5.45. The molecule has 0 N–H and O–H groups in total. The van der Waals surface area contributed by atoms with Gasteiger partial charge >= 0.3 is 0 Å². The largest absolute Gasteiger partial charge is 0.244 e. The topological polar surface area (TPSA) is 25.8 Å². The highest BCUT2D eigenvalue weighted by Gasteiger charge is 1.95. The summed E-state index contributed by atoms with van der Waals surface area (Å²) in [5, 5.41) is 2.17. The van der Waals surface area contributed by atoms with Crippen molar-refractivity contribution in [1.29, 1.82) is 0 Å². The number of hydrogen-bond donors (Lipinski definition) is 0. The van der Waals surface area contributed by atoms with E-state index in [0.717, 1.165) is 23.4 Å². The monoisotopic (exact) mass is 172 g/mol. The quantitative estimate of drug-likeness (QED) is 0.625. The van der Waals surface area contributed by atoms with Gasteiger partial charge in [-0.25, -0.2) is 9.97 Å². The molecule has 66 valence electrons. The molecule has 2 rings (SSSR count). The summed E-state index contributed by atoms with van der Waals surface area (Å²) in [5.74, 6) is 0. The van der Waals surface area contributed by atoms with Crippen LogP contribution in [0.4, 0.5) is 0 Å². The Morgan fingerprint density at radius 1 is 1.38 bits per heavy atom. The van der Waals surface area contributed by atoms with E-state index in [2.05, 4.69) is 35.1 Å².